The van der Waals surface area contributed by atoms with Crippen LogP contribution in [0.3, 0.4) is 0 Å². The molecular weight excluding hydrogens is 540 g/mol. The lowest BCUT2D eigenvalue weighted by Gasteiger charge is -2.14. The maximum absolute atomic E-state index is 12.1. The van der Waals surface area contributed by atoms with Crippen molar-refractivity contribution in [3.63, 3.8) is 0 Å². The first kappa shape index (κ1) is 28.7. The first-order chi connectivity index (χ1) is 19.7. The van der Waals surface area contributed by atoms with E-state index in [0.717, 1.165) is 17.7 Å². The zero-order valence-electron chi connectivity index (χ0n) is 22.1. The number of hydrogen-bond acceptors (Lipinski definition) is 11. The zero-order chi connectivity index (χ0) is 29.4. The van der Waals surface area contributed by atoms with E-state index in [1.807, 2.05) is 6.07 Å². The standard InChI is InChI=1S/C28H26N2O11/c1-17-21(29-26(39-17)23-7-4-14-37-23)16-38-22-13-8-18(15-25(22)36-2)5-3-6-24(27(31)32)41-28(33)40-20-11-9-19(10-12-20)30(34)35/h4,7-15,24H,3,5-6,16H2,1-2H3,(H,31,32)/t24-/m1/s1. The van der Waals surface area contributed by atoms with Crippen molar-refractivity contribution in [2.24, 2.45) is 0 Å². The molecule has 214 valence electrons. The van der Waals surface area contributed by atoms with Crippen LogP contribution in [-0.2, 0) is 22.6 Å². The Morgan fingerprint density at radius 1 is 1.12 bits per heavy atom. The molecule has 0 spiro atoms. The van der Waals surface area contributed by atoms with Gasteiger partial charge in [-0.15, -0.1) is 0 Å². The highest BCUT2D eigenvalue weighted by Gasteiger charge is 2.23. The maximum atomic E-state index is 12.1. The highest BCUT2D eigenvalue weighted by Crippen LogP contribution is 2.30. The van der Waals surface area contributed by atoms with Crippen molar-refractivity contribution < 1.29 is 47.4 Å². The highest BCUT2D eigenvalue weighted by molar-refractivity contribution is 5.76. The third kappa shape index (κ3) is 7.62. The Hall–Kier alpha value is -5.33. The normalized spacial score (nSPS) is 11.5. The van der Waals surface area contributed by atoms with Crippen molar-refractivity contribution in [3.05, 3.63) is 88.0 Å². The van der Waals surface area contributed by atoms with Gasteiger partial charge >= 0.3 is 12.1 Å². The SMILES string of the molecule is COc1cc(CCC[C@@H](OC(=O)Oc2ccc([N+](=O)[O-])cc2)C(=O)O)ccc1OCc1nc(-c2ccco2)oc1C. The molecule has 0 amide bonds. The highest BCUT2D eigenvalue weighted by atomic mass is 16.7. The Kier molecular flexibility index (Phi) is 9.20. The number of ether oxygens (including phenoxy) is 4. The van der Waals surface area contributed by atoms with Crippen LogP contribution in [-0.4, -0.2) is 40.4 Å². The van der Waals surface area contributed by atoms with Crippen LogP contribution in [0.1, 0.15) is 29.9 Å². The molecule has 0 aliphatic rings. The predicted octanol–water partition coefficient (Wildman–Crippen LogP) is 5.73. The largest absolute Gasteiger partial charge is 0.514 e. The molecule has 2 heterocycles. The number of methoxy groups -OCH3 is 1. The van der Waals surface area contributed by atoms with Gasteiger partial charge in [-0.05, 0) is 68.1 Å². The fourth-order valence-corrected chi connectivity index (χ4v) is 3.80. The molecular formula is C28H26N2O11. The molecule has 0 saturated heterocycles. The smallest absolute Gasteiger partial charge is 0.493 e. The summed E-state index contributed by atoms with van der Waals surface area (Å²) in [6.07, 6.45) is -0.274. The molecule has 2 aromatic heterocycles. The topological polar surface area (TPSA) is 174 Å². The number of furan rings is 1. The number of nitrogens with zero attached hydrogens (tertiary/aromatic N) is 2. The van der Waals surface area contributed by atoms with Crippen molar-refractivity contribution in [2.45, 2.75) is 38.9 Å². The van der Waals surface area contributed by atoms with Crippen LogP contribution in [0.4, 0.5) is 10.5 Å². The lowest BCUT2D eigenvalue weighted by atomic mass is 10.1. The fraction of sp³-hybridized carbons (Fsp3) is 0.250. The number of aryl methyl sites for hydroxylation is 2. The number of oxazole rings is 1. The van der Waals surface area contributed by atoms with E-state index >= 15 is 0 Å². The molecule has 4 rings (SSSR count). The molecule has 0 aliphatic heterocycles. The summed E-state index contributed by atoms with van der Waals surface area (Å²) in [5.41, 5.74) is 1.27. The predicted molar refractivity (Wildman–Crippen MR) is 141 cm³/mol. The fourth-order valence-electron chi connectivity index (χ4n) is 3.80. The maximum Gasteiger partial charge on any atom is 0.514 e. The minimum absolute atomic E-state index is 0.0178. The number of non-ortho nitro benzene ring substituents is 1. The van der Waals surface area contributed by atoms with Crippen LogP contribution in [0.2, 0.25) is 0 Å². The van der Waals surface area contributed by atoms with E-state index in [-0.39, 0.29) is 24.5 Å². The Balaban J connectivity index is 1.29. The Morgan fingerprint density at radius 2 is 1.90 bits per heavy atom. The average Bonchev–Trinajstić information content (AvgIpc) is 3.62. The third-order valence-electron chi connectivity index (χ3n) is 5.91. The summed E-state index contributed by atoms with van der Waals surface area (Å²) in [6.45, 7) is 1.92. The number of aromatic nitrogens is 1. The van der Waals surface area contributed by atoms with Crippen molar-refractivity contribution in [3.8, 4) is 28.9 Å². The van der Waals surface area contributed by atoms with Crippen LogP contribution in [0.15, 0.2) is 69.7 Å². The summed E-state index contributed by atoms with van der Waals surface area (Å²) in [4.78, 5) is 38.2. The zero-order valence-corrected chi connectivity index (χ0v) is 22.1. The van der Waals surface area contributed by atoms with E-state index in [1.54, 1.807) is 31.2 Å². The van der Waals surface area contributed by atoms with Gasteiger partial charge in [0.1, 0.15) is 23.8 Å². The molecule has 0 fully saturated rings. The second-order valence-electron chi connectivity index (χ2n) is 8.71. The Labute approximate surface area is 233 Å². The Bertz CT molecular complexity index is 1490. The molecule has 0 radical (unpaired) electrons. The van der Waals surface area contributed by atoms with E-state index in [2.05, 4.69) is 4.98 Å². The van der Waals surface area contributed by atoms with Crippen molar-refractivity contribution in [2.75, 3.05) is 7.11 Å². The van der Waals surface area contributed by atoms with Gasteiger partial charge in [0, 0.05) is 12.1 Å². The molecule has 1 N–H and O–H groups in total. The molecule has 1 atom stereocenters. The van der Waals surface area contributed by atoms with Crippen molar-refractivity contribution >= 4 is 17.8 Å². The number of carbonyl (C=O) groups excluding carboxylic acids is 1. The first-order valence-corrected chi connectivity index (χ1v) is 12.4. The number of rotatable bonds is 13. The van der Waals surface area contributed by atoms with Gasteiger partial charge in [0.25, 0.3) is 11.6 Å². The molecule has 4 aromatic rings. The summed E-state index contributed by atoms with van der Waals surface area (Å²) in [5.74, 6) is 1.08. The van der Waals surface area contributed by atoms with Gasteiger partial charge in [-0.3, -0.25) is 10.1 Å². The number of aliphatic carboxylic acids is 1. The molecule has 0 bridgehead atoms. The van der Waals surface area contributed by atoms with Gasteiger partial charge in [-0.2, -0.15) is 0 Å². The quantitative estimate of drug-likeness (QED) is 0.0902. The minimum atomic E-state index is -1.44. The number of nitro benzene ring substituents is 1. The summed E-state index contributed by atoms with van der Waals surface area (Å²) in [6, 6.07) is 13.5. The number of benzene rings is 2. The van der Waals surface area contributed by atoms with Gasteiger partial charge in [0.2, 0.25) is 6.10 Å². The van der Waals surface area contributed by atoms with Crippen LogP contribution >= 0.6 is 0 Å². The van der Waals surface area contributed by atoms with Crippen LogP contribution in [0.5, 0.6) is 17.2 Å². The number of carboxylic acids is 1. The number of carbonyl (C=O) groups is 2. The summed E-state index contributed by atoms with van der Waals surface area (Å²) in [7, 11) is 1.51. The van der Waals surface area contributed by atoms with Crippen molar-refractivity contribution in [1.29, 1.82) is 0 Å². The van der Waals surface area contributed by atoms with E-state index in [1.165, 1.54) is 25.5 Å². The summed E-state index contributed by atoms with van der Waals surface area (Å²) >= 11 is 0. The lowest BCUT2D eigenvalue weighted by molar-refractivity contribution is -0.384. The van der Waals surface area contributed by atoms with Crippen LogP contribution in [0, 0.1) is 17.0 Å². The number of carboxylic acid groups (broad SMARTS) is 1. The Morgan fingerprint density at radius 3 is 2.56 bits per heavy atom. The molecule has 0 aliphatic carbocycles. The van der Waals surface area contributed by atoms with Gasteiger partial charge in [-0.25, -0.2) is 14.6 Å². The van der Waals surface area contributed by atoms with E-state index in [0.29, 0.717) is 47.4 Å². The minimum Gasteiger partial charge on any atom is -0.493 e. The molecule has 13 heteroatoms. The first-order valence-electron chi connectivity index (χ1n) is 12.4. The second-order valence-corrected chi connectivity index (χ2v) is 8.71. The van der Waals surface area contributed by atoms with E-state index in [4.69, 9.17) is 27.8 Å². The molecule has 41 heavy (non-hydrogen) atoms. The van der Waals surface area contributed by atoms with Gasteiger partial charge in [-0.1, -0.05) is 6.07 Å². The second kappa shape index (κ2) is 13.2. The molecule has 2 aromatic carbocycles. The van der Waals surface area contributed by atoms with E-state index < -0.39 is 23.2 Å². The monoisotopic (exact) mass is 566 g/mol. The molecule has 0 saturated carbocycles. The van der Waals surface area contributed by atoms with E-state index in [9.17, 15) is 24.8 Å². The summed E-state index contributed by atoms with van der Waals surface area (Å²) < 4.78 is 32.2. The van der Waals surface area contributed by atoms with Gasteiger partial charge in [0.05, 0.1) is 18.3 Å². The van der Waals surface area contributed by atoms with Gasteiger partial charge in [0.15, 0.2) is 17.3 Å². The van der Waals surface area contributed by atoms with Gasteiger partial charge < -0.3 is 32.9 Å². The third-order valence-corrected chi connectivity index (χ3v) is 5.91. The molecule has 0 unspecified atom stereocenters. The van der Waals surface area contributed by atoms with Crippen LogP contribution < -0.4 is 14.2 Å². The number of hydrogen-bond donors (Lipinski definition) is 1. The molecule has 13 nitrogen and oxygen atoms in total. The summed E-state index contributed by atoms with van der Waals surface area (Å²) in [5, 5.41) is 20.2. The van der Waals surface area contributed by atoms with Crippen LogP contribution in [0.25, 0.3) is 11.7 Å². The average molecular weight is 567 g/mol. The number of nitro groups is 1. The van der Waals surface area contributed by atoms with Crippen molar-refractivity contribution in [1.82, 2.24) is 4.98 Å². The lowest BCUT2D eigenvalue weighted by Crippen LogP contribution is -2.28.